The average molecular weight is 475 g/mol. The fourth-order valence-electron chi connectivity index (χ4n) is 6.91. The minimum atomic E-state index is -3.51. The van der Waals surface area contributed by atoms with Crippen LogP contribution in [0, 0.1) is 23.2 Å². The van der Waals surface area contributed by atoms with E-state index in [1.165, 1.54) is 35.7 Å². The average Bonchev–Trinajstić information content (AvgIpc) is 2.79. The zero-order valence-corrected chi connectivity index (χ0v) is 20.1. The molecule has 4 bridgehead atoms. The SMILES string of the molecule is C[C@H](OC(=O)C12CC3CC(CC(C3)C1)C2)C(=O)Nc1ccc(S(=O)(=O)N2CCCCC2)cc1. The first-order valence-corrected chi connectivity index (χ1v) is 13.8. The van der Waals surface area contributed by atoms with Crippen LogP contribution < -0.4 is 5.32 Å². The highest BCUT2D eigenvalue weighted by Gasteiger charge is 2.55. The van der Waals surface area contributed by atoms with Crippen LogP contribution in [-0.4, -0.2) is 43.8 Å². The van der Waals surface area contributed by atoms with Crippen LogP contribution in [0.2, 0.25) is 0 Å². The molecule has 8 heteroatoms. The van der Waals surface area contributed by atoms with E-state index in [0.717, 1.165) is 38.5 Å². The molecule has 1 atom stereocenters. The van der Waals surface area contributed by atoms with E-state index in [2.05, 4.69) is 5.32 Å². The molecule has 1 saturated heterocycles. The molecular weight excluding hydrogens is 440 g/mol. The molecule has 1 aromatic carbocycles. The predicted octanol–water partition coefficient (Wildman–Crippen LogP) is 3.95. The standard InChI is InChI=1S/C25H34N2O5S/c1-17(32-24(29)25-14-18-11-19(15-25)13-20(12-18)16-25)23(28)26-21-5-7-22(8-6-21)33(30,31)27-9-3-2-4-10-27/h5-8,17-20H,2-4,9-16H2,1H3,(H,26,28)/t17-,18?,19?,20?,25?/m0/s1. The van der Waals surface area contributed by atoms with Gasteiger partial charge in [0.2, 0.25) is 10.0 Å². The van der Waals surface area contributed by atoms with Crippen LogP contribution in [-0.2, 0) is 24.3 Å². The van der Waals surface area contributed by atoms with Gasteiger partial charge in [0.1, 0.15) is 0 Å². The minimum absolute atomic E-state index is 0.216. The maximum atomic E-state index is 13.1. The third kappa shape index (κ3) is 4.44. The smallest absolute Gasteiger partial charge is 0.312 e. The second-order valence-electron chi connectivity index (χ2n) is 10.7. The van der Waals surface area contributed by atoms with Crippen LogP contribution in [0.5, 0.6) is 0 Å². The van der Waals surface area contributed by atoms with Crippen molar-refractivity contribution in [3.63, 3.8) is 0 Å². The molecule has 4 aliphatic carbocycles. The Bertz CT molecular complexity index is 978. The van der Waals surface area contributed by atoms with Crippen LogP contribution in [0.25, 0.3) is 0 Å². The molecule has 7 nitrogen and oxygen atoms in total. The maximum Gasteiger partial charge on any atom is 0.312 e. The number of sulfonamides is 1. The molecule has 4 saturated carbocycles. The first-order chi connectivity index (χ1) is 15.7. The first-order valence-electron chi connectivity index (χ1n) is 12.4. The summed E-state index contributed by atoms with van der Waals surface area (Å²) in [5, 5.41) is 2.75. The number of hydrogen-bond acceptors (Lipinski definition) is 5. The van der Waals surface area contributed by atoms with Crippen LogP contribution in [0.4, 0.5) is 5.69 Å². The van der Waals surface area contributed by atoms with Crippen molar-refractivity contribution >= 4 is 27.6 Å². The number of nitrogens with zero attached hydrogens (tertiary/aromatic N) is 1. The molecule has 1 N–H and O–H groups in total. The molecule has 6 rings (SSSR count). The van der Waals surface area contributed by atoms with Gasteiger partial charge in [-0.1, -0.05) is 6.42 Å². The lowest BCUT2D eigenvalue weighted by molar-refractivity contribution is -0.177. The van der Waals surface area contributed by atoms with Gasteiger partial charge in [-0.05, 0) is 100 Å². The molecule has 5 fully saturated rings. The van der Waals surface area contributed by atoms with Crippen molar-refractivity contribution in [3.8, 4) is 0 Å². The number of hydrogen-bond donors (Lipinski definition) is 1. The summed E-state index contributed by atoms with van der Waals surface area (Å²) in [7, 11) is -3.51. The fraction of sp³-hybridized carbons (Fsp3) is 0.680. The van der Waals surface area contributed by atoms with Gasteiger partial charge < -0.3 is 10.1 Å². The van der Waals surface area contributed by atoms with Crippen molar-refractivity contribution in [2.45, 2.75) is 75.7 Å². The fourth-order valence-corrected chi connectivity index (χ4v) is 8.43. The summed E-state index contributed by atoms with van der Waals surface area (Å²) in [4.78, 5) is 26.0. The number of esters is 1. The van der Waals surface area contributed by atoms with Crippen LogP contribution in [0.15, 0.2) is 29.2 Å². The second-order valence-corrected chi connectivity index (χ2v) is 12.7. The van der Waals surface area contributed by atoms with E-state index in [1.54, 1.807) is 19.1 Å². The van der Waals surface area contributed by atoms with Gasteiger partial charge in [0.05, 0.1) is 10.3 Å². The number of ether oxygens (including phenoxy) is 1. The molecule has 0 aromatic heterocycles. The Morgan fingerprint density at radius 1 is 0.970 bits per heavy atom. The number of nitrogens with one attached hydrogen (secondary N) is 1. The Morgan fingerprint density at radius 3 is 2.06 bits per heavy atom. The van der Waals surface area contributed by atoms with E-state index in [0.29, 0.717) is 36.5 Å². The van der Waals surface area contributed by atoms with Crippen LogP contribution in [0.1, 0.15) is 64.7 Å². The van der Waals surface area contributed by atoms with Gasteiger partial charge in [-0.25, -0.2) is 8.42 Å². The van der Waals surface area contributed by atoms with E-state index in [1.807, 2.05) is 0 Å². The van der Waals surface area contributed by atoms with E-state index < -0.39 is 27.4 Å². The molecular formula is C25H34N2O5S. The van der Waals surface area contributed by atoms with Gasteiger partial charge in [0.15, 0.2) is 6.10 Å². The van der Waals surface area contributed by atoms with E-state index in [-0.39, 0.29) is 10.9 Å². The third-order valence-electron chi connectivity index (χ3n) is 8.20. The molecule has 1 aliphatic heterocycles. The van der Waals surface area contributed by atoms with Crippen molar-refractivity contribution in [1.82, 2.24) is 4.31 Å². The summed E-state index contributed by atoms with van der Waals surface area (Å²) in [6.45, 7) is 2.70. The molecule has 33 heavy (non-hydrogen) atoms. The molecule has 5 aliphatic rings. The first kappa shape index (κ1) is 22.8. The quantitative estimate of drug-likeness (QED) is 0.630. The topological polar surface area (TPSA) is 92.8 Å². The van der Waals surface area contributed by atoms with Crippen LogP contribution in [0.3, 0.4) is 0 Å². The highest BCUT2D eigenvalue weighted by atomic mass is 32.2. The maximum absolute atomic E-state index is 13.1. The molecule has 180 valence electrons. The third-order valence-corrected chi connectivity index (χ3v) is 10.1. The summed E-state index contributed by atoms with van der Waals surface area (Å²) in [5.74, 6) is 1.28. The highest BCUT2D eigenvalue weighted by molar-refractivity contribution is 7.89. The molecule has 1 aromatic rings. The van der Waals surface area contributed by atoms with Gasteiger partial charge in [-0.3, -0.25) is 9.59 Å². The largest absolute Gasteiger partial charge is 0.452 e. The summed E-state index contributed by atoms with van der Waals surface area (Å²) in [6.07, 6.45) is 8.35. The lowest BCUT2D eigenvalue weighted by Crippen LogP contribution is -2.51. The molecule has 0 radical (unpaired) electrons. The number of piperidine rings is 1. The van der Waals surface area contributed by atoms with Gasteiger partial charge >= 0.3 is 5.97 Å². The summed E-state index contributed by atoms with van der Waals surface area (Å²) in [6, 6.07) is 6.21. The molecule has 0 unspecified atom stereocenters. The number of carbonyl (C=O) groups is 2. The van der Waals surface area contributed by atoms with Gasteiger partial charge in [-0.15, -0.1) is 0 Å². The van der Waals surface area contributed by atoms with E-state index >= 15 is 0 Å². The van der Waals surface area contributed by atoms with Gasteiger partial charge in [-0.2, -0.15) is 4.31 Å². The second kappa shape index (κ2) is 8.69. The lowest BCUT2D eigenvalue weighted by Gasteiger charge is -2.55. The van der Waals surface area contributed by atoms with Crippen molar-refractivity contribution in [1.29, 1.82) is 0 Å². The Hall–Kier alpha value is -1.93. The van der Waals surface area contributed by atoms with Gasteiger partial charge in [0.25, 0.3) is 5.91 Å². The number of benzene rings is 1. The Kier molecular flexibility index (Phi) is 6.02. The molecule has 1 heterocycles. The number of amides is 1. The van der Waals surface area contributed by atoms with Crippen molar-refractivity contribution in [2.24, 2.45) is 23.2 Å². The number of rotatable bonds is 6. The molecule has 1 amide bonds. The van der Waals surface area contributed by atoms with Crippen molar-refractivity contribution in [2.75, 3.05) is 18.4 Å². The number of anilines is 1. The summed E-state index contributed by atoms with van der Waals surface area (Å²) < 4.78 is 32.8. The lowest BCUT2D eigenvalue weighted by atomic mass is 9.49. The van der Waals surface area contributed by atoms with E-state index in [9.17, 15) is 18.0 Å². The predicted molar refractivity (Wildman–Crippen MR) is 124 cm³/mol. The number of carbonyl (C=O) groups excluding carboxylic acids is 2. The van der Waals surface area contributed by atoms with Crippen molar-refractivity contribution < 1.29 is 22.7 Å². The zero-order chi connectivity index (χ0) is 23.2. The van der Waals surface area contributed by atoms with E-state index in [4.69, 9.17) is 4.74 Å². The van der Waals surface area contributed by atoms with Gasteiger partial charge in [0, 0.05) is 18.8 Å². The minimum Gasteiger partial charge on any atom is -0.452 e. The summed E-state index contributed by atoms with van der Waals surface area (Å²) in [5.41, 5.74) is 0.0867. The Morgan fingerprint density at radius 2 is 1.52 bits per heavy atom. The Labute approximate surface area is 196 Å². The summed E-state index contributed by atoms with van der Waals surface area (Å²) >= 11 is 0. The van der Waals surface area contributed by atoms with Crippen molar-refractivity contribution in [3.05, 3.63) is 24.3 Å². The Balaban J connectivity index is 1.19. The highest BCUT2D eigenvalue weighted by Crippen LogP contribution is 2.60. The zero-order valence-electron chi connectivity index (χ0n) is 19.3. The molecule has 0 spiro atoms. The van der Waals surface area contributed by atoms with Crippen LogP contribution >= 0.6 is 0 Å². The normalized spacial score (nSPS) is 32.3. The monoisotopic (exact) mass is 474 g/mol.